The number of hydrogen-bond acceptors (Lipinski definition) is 7. The molecule has 10 heteroatoms. The lowest BCUT2D eigenvalue weighted by Gasteiger charge is -2.21. The van der Waals surface area contributed by atoms with Crippen LogP contribution < -0.4 is 10.1 Å². The summed E-state index contributed by atoms with van der Waals surface area (Å²) in [4.78, 5) is 22.0. The second-order valence-electron chi connectivity index (χ2n) is 7.80. The summed E-state index contributed by atoms with van der Waals surface area (Å²) in [5.74, 6) is -0.103. The topological polar surface area (TPSA) is 108 Å². The zero-order valence-electron chi connectivity index (χ0n) is 17.4. The SMILES string of the molecule is CC(C)Oc1nc2nn([C@H]3CCCOC3)cc2cc1C(=O)Nc1cnn2cccnc12. The van der Waals surface area contributed by atoms with Gasteiger partial charge in [-0.3, -0.25) is 9.48 Å². The lowest BCUT2D eigenvalue weighted by Crippen LogP contribution is -2.21. The second kappa shape index (κ2) is 7.95. The number of nitrogens with one attached hydrogen (secondary N) is 1. The average Bonchev–Trinajstić information content (AvgIpc) is 3.37. The highest BCUT2D eigenvalue weighted by Crippen LogP contribution is 2.27. The predicted octanol–water partition coefficient (Wildman–Crippen LogP) is 2.87. The molecule has 1 fully saturated rings. The van der Waals surface area contributed by atoms with Crippen molar-refractivity contribution in [3.8, 4) is 5.88 Å². The first-order valence-corrected chi connectivity index (χ1v) is 10.3. The maximum absolute atomic E-state index is 13.2. The normalized spacial score (nSPS) is 16.8. The first-order valence-electron chi connectivity index (χ1n) is 10.3. The van der Waals surface area contributed by atoms with E-state index >= 15 is 0 Å². The number of amides is 1. The highest BCUT2D eigenvalue weighted by Gasteiger charge is 2.22. The van der Waals surface area contributed by atoms with Gasteiger partial charge in [-0.15, -0.1) is 0 Å². The van der Waals surface area contributed by atoms with E-state index in [4.69, 9.17) is 9.47 Å². The zero-order chi connectivity index (χ0) is 21.4. The molecule has 0 bridgehead atoms. The standard InChI is InChI=1S/C21H23N7O3/c1-13(2)31-21-16(20(29)24-17-10-23-27-7-4-6-22-19(17)27)9-14-11-28(26-18(14)25-21)15-5-3-8-30-12-15/h4,6-7,9-11,13,15H,3,5,8,12H2,1-2H3,(H,24,29)/t15-/m0/s1. The van der Waals surface area contributed by atoms with E-state index in [-0.39, 0.29) is 23.9 Å². The largest absolute Gasteiger partial charge is 0.474 e. The van der Waals surface area contributed by atoms with Gasteiger partial charge in [0.1, 0.15) is 11.3 Å². The fraction of sp³-hybridized carbons (Fsp3) is 0.381. The third kappa shape index (κ3) is 3.81. The number of ether oxygens (including phenoxy) is 2. The van der Waals surface area contributed by atoms with Crippen molar-refractivity contribution in [3.63, 3.8) is 0 Å². The van der Waals surface area contributed by atoms with E-state index < -0.39 is 0 Å². The van der Waals surface area contributed by atoms with Crippen molar-refractivity contribution in [1.82, 2.24) is 29.4 Å². The molecule has 10 nitrogen and oxygen atoms in total. The van der Waals surface area contributed by atoms with Gasteiger partial charge in [-0.05, 0) is 38.8 Å². The minimum Gasteiger partial charge on any atom is -0.474 e. The third-order valence-corrected chi connectivity index (χ3v) is 5.11. The Bertz CT molecular complexity index is 1240. The molecule has 1 aliphatic rings. The molecule has 0 aromatic carbocycles. The number of anilines is 1. The Morgan fingerprint density at radius 3 is 3.10 bits per heavy atom. The minimum atomic E-state index is -0.348. The number of pyridine rings is 1. The van der Waals surface area contributed by atoms with Gasteiger partial charge in [0, 0.05) is 30.6 Å². The molecule has 31 heavy (non-hydrogen) atoms. The van der Waals surface area contributed by atoms with Crippen molar-refractivity contribution in [2.75, 3.05) is 18.5 Å². The van der Waals surface area contributed by atoms with Gasteiger partial charge in [0.2, 0.25) is 5.88 Å². The number of hydrogen-bond donors (Lipinski definition) is 1. The van der Waals surface area contributed by atoms with Gasteiger partial charge < -0.3 is 14.8 Å². The van der Waals surface area contributed by atoms with Crippen LogP contribution in [0, 0.1) is 0 Å². The lowest BCUT2D eigenvalue weighted by atomic mass is 10.1. The van der Waals surface area contributed by atoms with Gasteiger partial charge in [-0.25, -0.2) is 9.50 Å². The number of fused-ring (bicyclic) bond motifs is 2. The molecular weight excluding hydrogens is 398 g/mol. The first kappa shape index (κ1) is 19.4. The summed E-state index contributed by atoms with van der Waals surface area (Å²) < 4.78 is 14.9. The lowest BCUT2D eigenvalue weighted by molar-refractivity contribution is 0.0551. The summed E-state index contributed by atoms with van der Waals surface area (Å²) in [6.07, 6.45) is 8.74. The molecule has 0 aliphatic carbocycles. The van der Waals surface area contributed by atoms with Crippen LogP contribution in [0.4, 0.5) is 5.69 Å². The number of aromatic nitrogens is 6. The molecule has 4 aromatic rings. The average molecular weight is 421 g/mol. The Balaban J connectivity index is 1.51. The Morgan fingerprint density at radius 1 is 1.39 bits per heavy atom. The van der Waals surface area contributed by atoms with Gasteiger partial charge in [0.15, 0.2) is 11.3 Å². The number of carbonyl (C=O) groups excluding carboxylic acids is 1. The molecule has 0 radical (unpaired) electrons. The van der Waals surface area contributed by atoms with Gasteiger partial charge >= 0.3 is 0 Å². The summed E-state index contributed by atoms with van der Waals surface area (Å²) in [6.45, 7) is 5.19. The molecule has 1 amide bonds. The fourth-order valence-electron chi connectivity index (χ4n) is 3.66. The molecule has 5 rings (SSSR count). The van der Waals surface area contributed by atoms with E-state index in [0.29, 0.717) is 29.2 Å². The third-order valence-electron chi connectivity index (χ3n) is 5.11. The Hall–Kier alpha value is -3.53. The molecule has 5 heterocycles. The quantitative estimate of drug-likeness (QED) is 0.528. The van der Waals surface area contributed by atoms with Crippen LogP contribution in [0.25, 0.3) is 16.7 Å². The van der Waals surface area contributed by atoms with Crippen LogP contribution in [-0.4, -0.2) is 54.6 Å². The molecule has 4 aromatic heterocycles. The Labute approximate surface area is 178 Å². The van der Waals surface area contributed by atoms with E-state index in [1.165, 1.54) is 0 Å². The second-order valence-corrected chi connectivity index (χ2v) is 7.80. The predicted molar refractivity (Wildman–Crippen MR) is 113 cm³/mol. The molecular formula is C21H23N7O3. The van der Waals surface area contributed by atoms with Crippen molar-refractivity contribution in [2.45, 2.75) is 38.8 Å². The minimum absolute atomic E-state index is 0.149. The van der Waals surface area contributed by atoms with Crippen molar-refractivity contribution in [1.29, 1.82) is 0 Å². The van der Waals surface area contributed by atoms with Gasteiger partial charge in [0.25, 0.3) is 5.91 Å². The summed E-state index contributed by atoms with van der Waals surface area (Å²) in [6, 6.07) is 3.70. The molecule has 0 spiro atoms. The molecule has 1 atom stereocenters. The van der Waals surface area contributed by atoms with Crippen LogP contribution in [0.15, 0.2) is 36.9 Å². The van der Waals surface area contributed by atoms with E-state index in [2.05, 4.69) is 25.5 Å². The molecule has 1 N–H and O–H groups in total. The molecule has 1 saturated heterocycles. The highest BCUT2D eigenvalue weighted by atomic mass is 16.5. The fourth-order valence-corrected chi connectivity index (χ4v) is 3.66. The maximum Gasteiger partial charge on any atom is 0.261 e. The van der Waals surface area contributed by atoms with E-state index in [0.717, 1.165) is 24.8 Å². The van der Waals surface area contributed by atoms with Crippen LogP contribution in [0.5, 0.6) is 5.88 Å². The van der Waals surface area contributed by atoms with Crippen LogP contribution >= 0.6 is 0 Å². The number of carbonyl (C=O) groups is 1. The van der Waals surface area contributed by atoms with E-state index in [1.54, 1.807) is 35.2 Å². The Kier molecular flexibility index (Phi) is 4.99. The van der Waals surface area contributed by atoms with Gasteiger partial charge in [-0.2, -0.15) is 15.2 Å². The summed E-state index contributed by atoms with van der Waals surface area (Å²) in [5.41, 5.74) is 1.93. The molecule has 0 saturated carbocycles. The monoisotopic (exact) mass is 421 g/mol. The van der Waals surface area contributed by atoms with E-state index in [1.807, 2.05) is 24.7 Å². The van der Waals surface area contributed by atoms with Crippen LogP contribution in [0.1, 0.15) is 43.1 Å². The first-order chi connectivity index (χ1) is 15.1. The van der Waals surface area contributed by atoms with Gasteiger partial charge in [-0.1, -0.05) is 0 Å². The Morgan fingerprint density at radius 2 is 2.29 bits per heavy atom. The molecule has 160 valence electrons. The van der Waals surface area contributed by atoms with Crippen molar-refractivity contribution in [3.05, 3.63) is 42.5 Å². The number of nitrogens with zero attached hydrogens (tertiary/aromatic N) is 6. The maximum atomic E-state index is 13.2. The smallest absolute Gasteiger partial charge is 0.261 e. The summed E-state index contributed by atoms with van der Waals surface area (Å²) in [7, 11) is 0. The zero-order valence-corrected chi connectivity index (χ0v) is 17.4. The number of rotatable bonds is 5. The summed E-state index contributed by atoms with van der Waals surface area (Å²) >= 11 is 0. The van der Waals surface area contributed by atoms with Crippen molar-refractivity contribution >= 4 is 28.3 Å². The van der Waals surface area contributed by atoms with Gasteiger partial charge in [0.05, 0.1) is 24.9 Å². The van der Waals surface area contributed by atoms with Crippen LogP contribution in [0.2, 0.25) is 0 Å². The van der Waals surface area contributed by atoms with E-state index in [9.17, 15) is 4.79 Å². The van der Waals surface area contributed by atoms with Crippen molar-refractivity contribution in [2.24, 2.45) is 0 Å². The van der Waals surface area contributed by atoms with Crippen molar-refractivity contribution < 1.29 is 14.3 Å². The van der Waals surface area contributed by atoms with Crippen LogP contribution in [0.3, 0.4) is 0 Å². The molecule has 1 aliphatic heterocycles. The summed E-state index contributed by atoms with van der Waals surface area (Å²) in [5, 5.41) is 12.5. The molecule has 0 unspecified atom stereocenters. The van der Waals surface area contributed by atoms with Crippen LogP contribution in [-0.2, 0) is 4.74 Å². The highest BCUT2D eigenvalue weighted by molar-refractivity contribution is 6.08.